The molecule has 1 unspecified atom stereocenters. The minimum Gasteiger partial charge on any atom is -0.496 e. The molecule has 0 bridgehead atoms. The van der Waals surface area contributed by atoms with Crippen LogP contribution in [0.4, 0.5) is 5.69 Å². The Kier molecular flexibility index (Phi) is 4.10. The first-order valence-electron chi connectivity index (χ1n) is 7.44. The summed E-state index contributed by atoms with van der Waals surface area (Å²) < 4.78 is 16.5. The lowest BCUT2D eigenvalue weighted by atomic mass is 10.1. The van der Waals surface area contributed by atoms with Crippen molar-refractivity contribution in [3.8, 4) is 17.2 Å². The van der Waals surface area contributed by atoms with Crippen LogP contribution in [0.25, 0.3) is 0 Å². The number of carbonyl (C=O) groups is 1. The van der Waals surface area contributed by atoms with Gasteiger partial charge in [-0.25, -0.2) is 0 Å². The van der Waals surface area contributed by atoms with E-state index >= 15 is 0 Å². The third-order valence-corrected chi connectivity index (χ3v) is 3.81. The molecule has 1 aliphatic heterocycles. The number of hydrogen-bond donors (Lipinski definition) is 0. The highest BCUT2D eigenvalue weighted by atomic mass is 16.5. The molecule has 0 radical (unpaired) electrons. The van der Waals surface area contributed by atoms with Gasteiger partial charge >= 0.3 is 0 Å². The zero-order valence-corrected chi connectivity index (χ0v) is 13.4. The number of ether oxygens (including phenoxy) is 3. The molecule has 23 heavy (non-hydrogen) atoms. The Hall–Kier alpha value is -2.69. The topological polar surface area (TPSA) is 48.0 Å². The molecule has 5 heteroatoms. The van der Waals surface area contributed by atoms with Gasteiger partial charge in [-0.1, -0.05) is 18.2 Å². The van der Waals surface area contributed by atoms with Crippen LogP contribution in [0.3, 0.4) is 0 Å². The number of rotatable bonds is 3. The maximum atomic E-state index is 13.2. The van der Waals surface area contributed by atoms with E-state index in [-0.39, 0.29) is 12.0 Å². The molecular weight excluding hydrogens is 294 g/mol. The fraction of sp³-hybridized carbons (Fsp3) is 0.278. The SMILES string of the molecule is COc1cccc(OC)c1C(=O)N1CC(C)Oc2ccccc21. The molecule has 0 saturated carbocycles. The van der Waals surface area contributed by atoms with Crippen LogP contribution < -0.4 is 19.1 Å². The Labute approximate surface area is 135 Å². The number of methoxy groups -OCH3 is 2. The minimum atomic E-state index is -0.165. The van der Waals surface area contributed by atoms with E-state index in [0.29, 0.717) is 29.4 Å². The molecule has 2 aromatic rings. The average Bonchev–Trinajstić information content (AvgIpc) is 2.59. The number of anilines is 1. The summed E-state index contributed by atoms with van der Waals surface area (Å²) >= 11 is 0. The van der Waals surface area contributed by atoms with Crippen molar-refractivity contribution in [1.82, 2.24) is 0 Å². The summed E-state index contributed by atoms with van der Waals surface area (Å²) in [5.41, 5.74) is 1.17. The molecule has 0 fully saturated rings. The van der Waals surface area contributed by atoms with Gasteiger partial charge in [0.25, 0.3) is 5.91 Å². The molecule has 1 amide bonds. The van der Waals surface area contributed by atoms with Gasteiger partial charge in [0.2, 0.25) is 0 Å². The quantitative estimate of drug-likeness (QED) is 0.873. The number of hydrogen-bond acceptors (Lipinski definition) is 4. The molecule has 1 aliphatic rings. The Morgan fingerprint density at radius 3 is 2.39 bits per heavy atom. The summed E-state index contributed by atoms with van der Waals surface area (Å²) in [6.07, 6.45) is -0.0884. The fourth-order valence-corrected chi connectivity index (χ4v) is 2.78. The lowest BCUT2D eigenvalue weighted by Crippen LogP contribution is -2.42. The molecule has 3 rings (SSSR count). The lowest BCUT2D eigenvalue weighted by Gasteiger charge is -2.33. The van der Waals surface area contributed by atoms with Crippen LogP contribution >= 0.6 is 0 Å². The molecule has 120 valence electrons. The Morgan fingerprint density at radius 1 is 1.09 bits per heavy atom. The summed E-state index contributed by atoms with van der Waals surface area (Å²) in [4.78, 5) is 14.9. The van der Waals surface area contributed by atoms with Gasteiger partial charge < -0.3 is 19.1 Å². The zero-order chi connectivity index (χ0) is 16.4. The van der Waals surface area contributed by atoms with Gasteiger partial charge in [0.15, 0.2) is 0 Å². The van der Waals surface area contributed by atoms with Crippen molar-refractivity contribution in [2.75, 3.05) is 25.7 Å². The summed E-state index contributed by atoms with van der Waals surface area (Å²) in [6, 6.07) is 12.8. The largest absolute Gasteiger partial charge is 0.496 e. The normalized spacial score (nSPS) is 16.3. The molecule has 5 nitrogen and oxygen atoms in total. The van der Waals surface area contributed by atoms with E-state index in [2.05, 4.69) is 0 Å². The Bertz CT molecular complexity index is 706. The number of amides is 1. The summed E-state index contributed by atoms with van der Waals surface area (Å²) in [7, 11) is 3.09. The smallest absolute Gasteiger partial charge is 0.266 e. The molecular formula is C18H19NO4. The van der Waals surface area contributed by atoms with E-state index < -0.39 is 0 Å². The third kappa shape index (κ3) is 2.70. The number of carbonyl (C=O) groups excluding carboxylic acids is 1. The van der Waals surface area contributed by atoms with Crippen LogP contribution in [0.1, 0.15) is 17.3 Å². The molecule has 1 heterocycles. The Balaban J connectivity index is 2.08. The second-order valence-electron chi connectivity index (χ2n) is 5.35. The van der Waals surface area contributed by atoms with Gasteiger partial charge in [0.1, 0.15) is 28.9 Å². The first-order valence-corrected chi connectivity index (χ1v) is 7.44. The van der Waals surface area contributed by atoms with E-state index in [9.17, 15) is 4.79 Å². The molecule has 0 spiro atoms. The maximum absolute atomic E-state index is 13.2. The van der Waals surface area contributed by atoms with Crippen molar-refractivity contribution in [3.63, 3.8) is 0 Å². The van der Waals surface area contributed by atoms with Crippen LogP contribution in [0.15, 0.2) is 42.5 Å². The number of fused-ring (bicyclic) bond motifs is 1. The van der Waals surface area contributed by atoms with Gasteiger partial charge in [-0.15, -0.1) is 0 Å². The van der Waals surface area contributed by atoms with Crippen molar-refractivity contribution in [2.24, 2.45) is 0 Å². The highest BCUT2D eigenvalue weighted by Gasteiger charge is 2.31. The van der Waals surface area contributed by atoms with Crippen LogP contribution in [-0.2, 0) is 0 Å². The van der Waals surface area contributed by atoms with E-state index in [1.54, 1.807) is 37.3 Å². The van der Waals surface area contributed by atoms with Gasteiger partial charge in [-0.3, -0.25) is 4.79 Å². The van der Waals surface area contributed by atoms with Crippen molar-refractivity contribution in [3.05, 3.63) is 48.0 Å². The highest BCUT2D eigenvalue weighted by Crippen LogP contribution is 2.37. The highest BCUT2D eigenvalue weighted by molar-refractivity contribution is 6.10. The third-order valence-electron chi connectivity index (χ3n) is 3.81. The van der Waals surface area contributed by atoms with E-state index in [4.69, 9.17) is 14.2 Å². The van der Waals surface area contributed by atoms with Crippen LogP contribution in [0.5, 0.6) is 17.2 Å². The molecule has 0 saturated heterocycles. The van der Waals surface area contributed by atoms with Gasteiger partial charge in [0, 0.05) is 0 Å². The predicted octanol–water partition coefficient (Wildman–Crippen LogP) is 3.13. The average molecular weight is 313 g/mol. The minimum absolute atomic E-state index is 0.0884. The maximum Gasteiger partial charge on any atom is 0.266 e. The summed E-state index contributed by atoms with van der Waals surface area (Å²) in [5.74, 6) is 1.52. The fourth-order valence-electron chi connectivity index (χ4n) is 2.78. The second kappa shape index (κ2) is 6.20. The number of nitrogens with zero attached hydrogens (tertiary/aromatic N) is 1. The number of para-hydroxylation sites is 2. The zero-order valence-electron chi connectivity index (χ0n) is 13.4. The van der Waals surface area contributed by atoms with Crippen molar-refractivity contribution in [1.29, 1.82) is 0 Å². The second-order valence-corrected chi connectivity index (χ2v) is 5.35. The van der Waals surface area contributed by atoms with Crippen LogP contribution in [0.2, 0.25) is 0 Å². The first kappa shape index (κ1) is 15.2. The molecule has 0 aliphatic carbocycles. The van der Waals surface area contributed by atoms with E-state index in [1.165, 1.54) is 0 Å². The van der Waals surface area contributed by atoms with Gasteiger partial charge in [0.05, 0.1) is 26.5 Å². The van der Waals surface area contributed by atoms with E-state index in [0.717, 1.165) is 5.69 Å². The van der Waals surface area contributed by atoms with Gasteiger partial charge in [-0.05, 0) is 31.2 Å². The summed E-state index contributed by atoms with van der Waals surface area (Å²) in [5, 5.41) is 0. The first-order chi connectivity index (χ1) is 11.2. The van der Waals surface area contributed by atoms with Crippen LogP contribution in [0, 0.1) is 0 Å². The summed E-state index contributed by atoms with van der Waals surface area (Å²) in [6.45, 7) is 2.41. The lowest BCUT2D eigenvalue weighted by molar-refractivity contribution is 0.0955. The Morgan fingerprint density at radius 2 is 1.74 bits per heavy atom. The number of benzene rings is 2. The molecule has 1 atom stereocenters. The van der Waals surface area contributed by atoms with Crippen molar-refractivity contribution < 1.29 is 19.0 Å². The molecule has 0 N–H and O–H groups in total. The van der Waals surface area contributed by atoms with E-state index in [1.807, 2.05) is 31.2 Å². The van der Waals surface area contributed by atoms with Crippen molar-refractivity contribution >= 4 is 11.6 Å². The molecule has 2 aromatic carbocycles. The predicted molar refractivity (Wildman–Crippen MR) is 87.8 cm³/mol. The monoisotopic (exact) mass is 313 g/mol. The van der Waals surface area contributed by atoms with Crippen LogP contribution in [-0.4, -0.2) is 32.8 Å². The van der Waals surface area contributed by atoms with Crippen molar-refractivity contribution in [2.45, 2.75) is 13.0 Å². The standard InChI is InChI=1S/C18H19NO4/c1-12-11-19(13-7-4-5-8-14(13)23-12)18(20)17-15(21-2)9-6-10-16(17)22-3/h4-10,12H,11H2,1-3H3. The molecule has 0 aromatic heterocycles. The van der Waals surface area contributed by atoms with Gasteiger partial charge in [-0.2, -0.15) is 0 Å².